The maximum atomic E-state index is 13.8. The second-order valence-corrected chi connectivity index (χ2v) is 9.33. The van der Waals surface area contributed by atoms with E-state index in [0.717, 1.165) is 22.8 Å². The Morgan fingerprint density at radius 1 is 1.00 bits per heavy atom. The van der Waals surface area contributed by atoms with Crippen LogP contribution in [0.25, 0.3) is 10.8 Å². The van der Waals surface area contributed by atoms with E-state index in [1.165, 1.54) is 4.90 Å². The van der Waals surface area contributed by atoms with Gasteiger partial charge in [0.15, 0.2) is 0 Å². The summed E-state index contributed by atoms with van der Waals surface area (Å²) in [7, 11) is 0. The number of anilines is 1. The third-order valence-corrected chi connectivity index (χ3v) is 7.00. The van der Waals surface area contributed by atoms with E-state index in [-0.39, 0.29) is 36.9 Å². The average molecular weight is 492 g/mol. The highest BCUT2D eigenvalue weighted by atomic mass is 35.5. The molecule has 182 valence electrons. The lowest BCUT2D eigenvalue weighted by molar-refractivity contribution is -0.140. The molecule has 3 aromatic carbocycles. The molecule has 0 aliphatic carbocycles. The summed E-state index contributed by atoms with van der Waals surface area (Å²) in [5.41, 5.74) is 2.05. The maximum absolute atomic E-state index is 13.8. The van der Waals surface area contributed by atoms with E-state index >= 15 is 0 Å². The van der Waals surface area contributed by atoms with Crippen molar-refractivity contribution in [3.05, 3.63) is 76.8 Å². The zero-order valence-corrected chi connectivity index (χ0v) is 21.0. The molecule has 0 aromatic heterocycles. The molecule has 6 nitrogen and oxygen atoms in total. The summed E-state index contributed by atoms with van der Waals surface area (Å²) >= 11 is 6.41. The van der Waals surface area contributed by atoms with E-state index in [9.17, 15) is 14.4 Å². The Hall–Kier alpha value is -3.38. The van der Waals surface area contributed by atoms with Crippen LogP contribution in [0, 0.1) is 0 Å². The predicted molar refractivity (Wildman–Crippen MR) is 140 cm³/mol. The van der Waals surface area contributed by atoms with Crippen LogP contribution in [0.2, 0.25) is 5.02 Å². The normalized spacial score (nSPS) is 14.2. The van der Waals surface area contributed by atoms with Gasteiger partial charge in [0.25, 0.3) is 5.91 Å². The summed E-state index contributed by atoms with van der Waals surface area (Å²) < 4.78 is 0. The summed E-state index contributed by atoms with van der Waals surface area (Å²) in [6, 6.07) is 17.9. The highest BCUT2D eigenvalue weighted by molar-refractivity contribution is 6.31. The number of hydrogen-bond acceptors (Lipinski definition) is 3. The first-order chi connectivity index (χ1) is 16.8. The third kappa shape index (κ3) is 4.89. The lowest BCUT2D eigenvalue weighted by Crippen LogP contribution is -2.53. The number of hydrogen-bond donors (Lipinski definition) is 1. The molecule has 3 aromatic rings. The summed E-state index contributed by atoms with van der Waals surface area (Å²) in [6.45, 7) is 5.82. The van der Waals surface area contributed by atoms with Crippen LogP contribution in [0.3, 0.4) is 0 Å². The van der Waals surface area contributed by atoms with E-state index in [0.29, 0.717) is 22.7 Å². The van der Waals surface area contributed by atoms with Gasteiger partial charge in [0.2, 0.25) is 11.8 Å². The molecule has 1 N–H and O–H groups in total. The van der Waals surface area contributed by atoms with Crippen molar-refractivity contribution in [2.45, 2.75) is 52.2 Å². The molecule has 0 bridgehead atoms. The Balaban J connectivity index is 1.66. The zero-order valence-electron chi connectivity index (χ0n) is 20.3. The second kappa shape index (κ2) is 10.5. The monoisotopic (exact) mass is 491 g/mol. The minimum absolute atomic E-state index is 0.0129. The molecule has 7 heteroatoms. The van der Waals surface area contributed by atoms with E-state index in [1.54, 1.807) is 17.0 Å². The van der Waals surface area contributed by atoms with E-state index < -0.39 is 6.04 Å². The molecular formula is C28H30ClN3O3. The Labute approximate surface area is 210 Å². The van der Waals surface area contributed by atoms with Crippen molar-refractivity contribution in [3.8, 4) is 0 Å². The quantitative estimate of drug-likeness (QED) is 0.448. The van der Waals surface area contributed by atoms with Crippen molar-refractivity contribution in [2.75, 3.05) is 11.4 Å². The SMILES string of the molecule is CC[C@@H](C)NC(=O)[C@H](CC)N(Cc1ccccc1Cl)C(=O)CN1C(=O)c2cccc3cccc1c23. The van der Waals surface area contributed by atoms with Crippen LogP contribution < -0.4 is 10.2 Å². The van der Waals surface area contributed by atoms with Crippen LogP contribution >= 0.6 is 11.6 Å². The molecular weight excluding hydrogens is 462 g/mol. The summed E-state index contributed by atoms with van der Waals surface area (Å²) in [6.07, 6.45) is 1.22. The number of halogens is 1. The van der Waals surface area contributed by atoms with Gasteiger partial charge in [-0.25, -0.2) is 0 Å². The van der Waals surface area contributed by atoms with Gasteiger partial charge in [-0.15, -0.1) is 0 Å². The lowest BCUT2D eigenvalue weighted by Gasteiger charge is -2.33. The largest absolute Gasteiger partial charge is 0.352 e. The number of benzene rings is 3. The van der Waals surface area contributed by atoms with Crippen molar-refractivity contribution in [1.29, 1.82) is 0 Å². The lowest BCUT2D eigenvalue weighted by atomic mass is 10.1. The number of amides is 3. The second-order valence-electron chi connectivity index (χ2n) is 8.93. The Morgan fingerprint density at radius 3 is 2.40 bits per heavy atom. The van der Waals surface area contributed by atoms with Gasteiger partial charge in [-0.2, -0.15) is 0 Å². The van der Waals surface area contributed by atoms with E-state index in [2.05, 4.69) is 5.32 Å². The van der Waals surface area contributed by atoms with Gasteiger partial charge in [0.05, 0.1) is 5.69 Å². The van der Waals surface area contributed by atoms with E-state index in [4.69, 9.17) is 11.6 Å². The zero-order chi connectivity index (χ0) is 25.1. The van der Waals surface area contributed by atoms with Gasteiger partial charge in [-0.3, -0.25) is 19.3 Å². The van der Waals surface area contributed by atoms with E-state index in [1.807, 2.05) is 69.3 Å². The van der Waals surface area contributed by atoms with Gasteiger partial charge in [0.1, 0.15) is 12.6 Å². The summed E-state index contributed by atoms with van der Waals surface area (Å²) in [4.78, 5) is 43.3. The van der Waals surface area contributed by atoms with Gasteiger partial charge >= 0.3 is 0 Å². The number of carbonyl (C=O) groups excluding carboxylic acids is 3. The molecule has 1 aliphatic heterocycles. The average Bonchev–Trinajstić information content (AvgIpc) is 3.12. The molecule has 4 rings (SSSR count). The summed E-state index contributed by atoms with van der Waals surface area (Å²) in [5, 5.41) is 5.34. The Kier molecular flexibility index (Phi) is 7.41. The van der Waals surface area contributed by atoms with Crippen molar-refractivity contribution < 1.29 is 14.4 Å². The minimum Gasteiger partial charge on any atom is -0.352 e. The number of rotatable bonds is 9. The first-order valence-corrected chi connectivity index (χ1v) is 12.4. The smallest absolute Gasteiger partial charge is 0.259 e. The molecule has 35 heavy (non-hydrogen) atoms. The molecule has 3 amide bonds. The van der Waals surface area contributed by atoms with Crippen molar-refractivity contribution >= 4 is 45.8 Å². The number of carbonyl (C=O) groups is 3. The van der Waals surface area contributed by atoms with Gasteiger partial charge in [-0.1, -0.05) is 67.9 Å². The van der Waals surface area contributed by atoms with Crippen LogP contribution in [0.4, 0.5) is 5.69 Å². The molecule has 1 aliphatic rings. The fraction of sp³-hybridized carbons (Fsp3) is 0.321. The molecule has 0 fully saturated rings. The molecule has 0 radical (unpaired) electrons. The van der Waals surface area contributed by atoms with Crippen molar-refractivity contribution in [2.24, 2.45) is 0 Å². The first-order valence-electron chi connectivity index (χ1n) is 12.0. The molecule has 0 spiro atoms. The van der Waals surface area contributed by atoms with Crippen LogP contribution in [0.15, 0.2) is 60.7 Å². The van der Waals surface area contributed by atoms with Crippen molar-refractivity contribution in [3.63, 3.8) is 0 Å². The number of nitrogens with one attached hydrogen (secondary N) is 1. The van der Waals surface area contributed by atoms with Crippen LogP contribution in [0.1, 0.15) is 49.5 Å². The number of nitrogens with zero attached hydrogens (tertiary/aromatic N) is 2. The standard InChI is InChI=1S/C28H30ClN3O3/c1-4-18(3)30-27(34)23(5-2)31(16-20-10-6-7-14-22(20)29)25(33)17-32-24-15-9-12-19-11-8-13-21(26(19)24)28(32)35/h6-15,18,23H,4-5,16-17H2,1-3H3,(H,30,34)/t18-,23+/m1/s1. The topological polar surface area (TPSA) is 69.7 Å². The molecule has 0 unspecified atom stereocenters. The Bertz CT molecular complexity index is 1270. The van der Waals surface area contributed by atoms with Crippen LogP contribution in [-0.4, -0.2) is 41.2 Å². The van der Waals surface area contributed by atoms with Crippen LogP contribution in [0.5, 0.6) is 0 Å². The molecule has 0 saturated carbocycles. The Morgan fingerprint density at radius 2 is 1.71 bits per heavy atom. The highest BCUT2D eigenvalue weighted by Gasteiger charge is 2.35. The predicted octanol–water partition coefficient (Wildman–Crippen LogP) is 5.18. The fourth-order valence-corrected chi connectivity index (χ4v) is 4.73. The molecule has 1 heterocycles. The summed E-state index contributed by atoms with van der Waals surface area (Å²) in [5.74, 6) is -0.727. The van der Waals surface area contributed by atoms with Crippen molar-refractivity contribution in [1.82, 2.24) is 10.2 Å². The third-order valence-electron chi connectivity index (χ3n) is 6.63. The van der Waals surface area contributed by atoms with Gasteiger partial charge in [0, 0.05) is 28.6 Å². The maximum Gasteiger partial charge on any atom is 0.259 e. The van der Waals surface area contributed by atoms with Gasteiger partial charge < -0.3 is 10.2 Å². The molecule has 0 saturated heterocycles. The molecule has 2 atom stereocenters. The first kappa shape index (κ1) is 24.7. The minimum atomic E-state index is -0.691. The van der Waals surface area contributed by atoms with Gasteiger partial charge in [-0.05, 0) is 48.9 Å². The van der Waals surface area contributed by atoms with Crippen LogP contribution in [-0.2, 0) is 16.1 Å². The fourth-order valence-electron chi connectivity index (χ4n) is 4.53. The highest BCUT2D eigenvalue weighted by Crippen LogP contribution is 2.37.